The van der Waals surface area contributed by atoms with Gasteiger partial charge in [-0.15, -0.1) is 0 Å². The summed E-state index contributed by atoms with van der Waals surface area (Å²) in [6.07, 6.45) is 1.39. The number of amides is 1. The number of nitrogens with zero attached hydrogens (tertiary/aromatic N) is 1. The molecule has 0 spiro atoms. The number of primary amides is 1. The zero-order chi connectivity index (χ0) is 26.3. The van der Waals surface area contributed by atoms with Crippen LogP contribution in [0.4, 0.5) is 4.39 Å². The van der Waals surface area contributed by atoms with Crippen molar-refractivity contribution in [2.75, 3.05) is 20.6 Å². The van der Waals surface area contributed by atoms with Gasteiger partial charge in [-0.2, -0.15) is 0 Å². The summed E-state index contributed by atoms with van der Waals surface area (Å²) in [5, 5.41) is 46.8. The van der Waals surface area contributed by atoms with Gasteiger partial charge in [0.05, 0.1) is 11.6 Å². The highest BCUT2D eigenvalue weighted by Crippen LogP contribution is 2.52. The van der Waals surface area contributed by atoms with Gasteiger partial charge in [-0.3, -0.25) is 19.3 Å². The number of ketones is 2. The van der Waals surface area contributed by atoms with Gasteiger partial charge in [0.15, 0.2) is 11.4 Å². The molecule has 0 bridgehead atoms. The van der Waals surface area contributed by atoms with Crippen molar-refractivity contribution in [1.29, 1.82) is 0 Å². The van der Waals surface area contributed by atoms with Gasteiger partial charge in [0.2, 0.25) is 5.78 Å². The number of rotatable bonds is 3. The van der Waals surface area contributed by atoms with E-state index in [1.165, 1.54) is 13.1 Å². The first-order valence-electron chi connectivity index (χ1n) is 11.8. The number of aliphatic hydroxyl groups is 3. The van der Waals surface area contributed by atoms with Gasteiger partial charge in [0.25, 0.3) is 5.91 Å². The molecule has 0 radical (unpaired) electrons. The van der Waals surface area contributed by atoms with Crippen LogP contribution in [0.3, 0.4) is 0 Å². The van der Waals surface area contributed by atoms with Crippen LogP contribution < -0.4 is 11.1 Å². The number of hydrogen-bond donors (Lipinski definition) is 6. The first kappa shape index (κ1) is 24.4. The Bertz CT molecular complexity index is 1290. The summed E-state index contributed by atoms with van der Waals surface area (Å²) in [6, 6.07) is -0.171. The molecule has 1 aliphatic heterocycles. The van der Waals surface area contributed by atoms with E-state index in [4.69, 9.17) is 5.73 Å². The molecule has 4 aliphatic rings. The van der Waals surface area contributed by atoms with Crippen LogP contribution in [0.2, 0.25) is 0 Å². The molecule has 1 aromatic rings. The van der Waals surface area contributed by atoms with E-state index in [1.54, 1.807) is 0 Å². The average Bonchev–Trinajstić information content (AvgIpc) is 3.24. The lowest BCUT2D eigenvalue weighted by Crippen LogP contribution is -2.63. The molecule has 1 aromatic carbocycles. The Morgan fingerprint density at radius 3 is 2.56 bits per heavy atom. The number of halogens is 1. The maximum absolute atomic E-state index is 15.8. The van der Waals surface area contributed by atoms with Gasteiger partial charge >= 0.3 is 0 Å². The number of nitrogens with one attached hydrogen (secondary N) is 1. The number of likely N-dealkylation sites (N-methyl/N-ethyl adjacent to an activating group) is 1. The smallest absolute Gasteiger partial charge is 0.255 e. The molecule has 0 aromatic heterocycles. The largest absolute Gasteiger partial charge is 0.510 e. The van der Waals surface area contributed by atoms with E-state index in [0.29, 0.717) is 6.42 Å². The second kappa shape index (κ2) is 8.12. The zero-order valence-corrected chi connectivity index (χ0v) is 19.8. The molecular formula is C25H28FN3O7. The van der Waals surface area contributed by atoms with Gasteiger partial charge < -0.3 is 31.5 Å². The fourth-order valence-electron chi connectivity index (χ4n) is 6.62. The van der Waals surface area contributed by atoms with Crippen molar-refractivity contribution in [3.63, 3.8) is 0 Å². The summed E-state index contributed by atoms with van der Waals surface area (Å²) >= 11 is 0. The molecule has 0 saturated carbocycles. The quantitative estimate of drug-likeness (QED) is 0.326. The summed E-state index contributed by atoms with van der Waals surface area (Å²) < 4.78 is 15.8. The molecule has 1 unspecified atom stereocenters. The van der Waals surface area contributed by atoms with Gasteiger partial charge in [-0.25, -0.2) is 4.39 Å². The van der Waals surface area contributed by atoms with Crippen LogP contribution in [0.5, 0.6) is 5.75 Å². The molecule has 36 heavy (non-hydrogen) atoms. The van der Waals surface area contributed by atoms with Crippen LogP contribution in [0.15, 0.2) is 28.7 Å². The minimum atomic E-state index is -2.72. The van der Waals surface area contributed by atoms with Crippen molar-refractivity contribution < 1.29 is 39.2 Å². The number of phenols is 1. The predicted octanol–water partition coefficient (Wildman–Crippen LogP) is 0.684. The van der Waals surface area contributed by atoms with Crippen LogP contribution >= 0.6 is 0 Å². The van der Waals surface area contributed by atoms with E-state index < -0.39 is 69.6 Å². The fourth-order valence-corrected chi connectivity index (χ4v) is 6.62. The third-order valence-corrected chi connectivity index (χ3v) is 8.35. The molecule has 10 nitrogen and oxygen atoms in total. The van der Waals surface area contributed by atoms with Crippen LogP contribution in [0, 0.1) is 17.7 Å². The van der Waals surface area contributed by atoms with E-state index >= 15 is 4.39 Å². The number of Topliss-reactive ketones (excluding diaryl/α,β-unsaturated/α-hetero) is 2. The van der Waals surface area contributed by atoms with Crippen molar-refractivity contribution in [2.45, 2.75) is 43.4 Å². The molecule has 7 N–H and O–H groups in total. The Morgan fingerprint density at radius 1 is 1.28 bits per heavy atom. The van der Waals surface area contributed by atoms with Crippen molar-refractivity contribution in [1.82, 2.24) is 10.2 Å². The third kappa shape index (κ3) is 3.02. The van der Waals surface area contributed by atoms with Crippen LogP contribution in [-0.2, 0) is 16.0 Å². The van der Waals surface area contributed by atoms with Gasteiger partial charge in [-0.1, -0.05) is 0 Å². The first-order chi connectivity index (χ1) is 16.9. The molecule has 11 heteroatoms. The minimum Gasteiger partial charge on any atom is -0.510 e. The number of carbonyl (C=O) groups excluding carboxylic acids is 3. The number of nitrogens with two attached hydrogens (primary N) is 1. The maximum Gasteiger partial charge on any atom is 0.255 e. The molecule has 192 valence electrons. The van der Waals surface area contributed by atoms with E-state index in [9.17, 15) is 34.8 Å². The monoisotopic (exact) mass is 501 g/mol. The summed E-state index contributed by atoms with van der Waals surface area (Å²) in [7, 11) is 3.29. The number of fused-ring (bicyclic) bond motifs is 3. The van der Waals surface area contributed by atoms with E-state index in [-0.39, 0.29) is 41.1 Å². The Hall–Kier alpha value is -3.28. The second-order valence-corrected chi connectivity index (χ2v) is 10.1. The maximum atomic E-state index is 15.8. The highest BCUT2D eigenvalue weighted by atomic mass is 19.1. The Balaban J connectivity index is 1.68. The van der Waals surface area contributed by atoms with Gasteiger partial charge in [0.1, 0.15) is 28.7 Å². The summed E-state index contributed by atoms with van der Waals surface area (Å²) in [4.78, 5) is 40.6. The Morgan fingerprint density at radius 2 is 1.97 bits per heavy atom. The number of benzene rings is 1. The topological polar surface area (TPSA) is 173 Å². The molecule has 1 amide bonds. The second-order valence-electron chi connectivity index (χ2n) is 10.1. The lowest BCUT2D eigenvalue weighted by molar-refractivity contribution is -0.146. The van der Waals surface area contributed by atoms with Crippen molar-refractivity contribution >= 4 is 17.5 Å². The Labute approximate surface area is 205 Å². The molecule has 3 aliphatic carbocycles. The van der Waals surface area contributed by atoms with Crippen LogP contribution in [0.25, 0.3) is 0 Å². The number of allylic oxidation sites excluding steroid dienone is 1. The summed E-state index contributed by atoms with van der Waals surface area (Å²) in [6.45, 7) is 0.772. The first-order valence-corrected chi connectivity index (χ1v) is 11.8. The zero-order valence-electron chi connectivity index (χ0n) is 19.8. The molecule has 5 atom stereocenters. The number of carbonyl (C=O) groups is 3. The standard InChI is InChI=1S/C25H28FN3O7/c1-28-19-12-7-9-6-11-16(14(30)8-10(18(11)26)13-4-3-5-29(13)2)20(31)15(9)22(33)25(12,36)23(34)17(21(19)32)24(27)35/h8-9,12-13,19,28,30,32-33,36H,3-7H2,1-2H3,(H2,27,35)/t9-,12-,13?,19-,25-/m0/s1. The predicted molar refractivity (Wildman–Crippen MR) is 124 cm³/mol. The lowest BCUT2D eigenvalue weighted by atomic mass is 9.58. The van der Waals surface area contributed by atoms with Crippen molar-refractivity contribution in [3.8, 4) is 5.75 Å². The Kier molecular flexibility index (Phi) is 5.51. The van der Waals surface area contributed by atoms with Crippen molar-refractivity contribution in [2.24, 2.45) is 17.6 Å². The van der Waals surface area contributed by atoms with E-state index in [1.807, 2.05) is 11.9 Å². The molecule has 5 rings (SSSR count). The third-order valence-electron chi connectivity index (χ3n) is 8.35. The molecule has 1 heterocycles. The number of phenolic OH excluding ortho intramolecular Hbond substituents is 1. The molecular weight excluding hydrogens is 473 g/mol. The van der Waals surface area contributed by atoms with Crippen molar-refractivity contribution in [3.05, 3.63) is 51.2 Å². The van der Waals surface area contributed by atoms with Crippen LogP contribution in [0.1, 0.15) is 46.8 Å². The number of likely N-dealkylation sites (tertiary alicyclic amines) is 1. The molecule has 1 saturated heterocycles. The number of aromatic hydroxyl groups is 1. The van der Waals surface area contributed by atoms with E-state index in [0.717, 1.165) is 13.0 Å². The highest BCUT2D eigenvalue weighted by Gasteiger charge is 2.62. The molecule has 1 fully saturated rings. The summed E-state index contributed by atoms with van der Waals surface area (Å²) in [5.41, 5.74) is 1.33. The highest BCUT2D eigenvalue weighted by molar-refractivity contribution is 6.24. The SMILES string of the molecule is CN[C@@H]1C(O)=C(C(N)=O)C(=O)[C@@]2(O)C(O)=C3C(=O)c4c(O)cc(C5CCCN5C)c(F)c4C[C@H]3C[C@@H]12. The number of aliphatic hydroxyl groups excluding tert-OH is 2. The van der Waals surface area contributed by atoms with Gasteiger partial charge in [-0.05, 0) is 58.3 Å². The average molecular weight is 502 g/mol. The van der Waals surface area contributed by atoms with Crippen LogP contribution in [-0.4, -0.2) is 75.1 Å². The van der Waals surface area contributed by atoms with Gasteiger partial charge in [0, 0.05) is 28.7 Å². The lowest BCUT2D eigenvalue weighted by Gasteiger charge is -2.48. The fraction of sp³-hybridized carbons (Fsp3) is 0.480. The minimum absolute atomic E-state index is 0.0167. The van der Waals surface area contributed by atoms with E-state index in [2.05, 4.69) is 5.32 Å². The normalized spacial score (nSPS) is 32.4. The summed E-state index contributed by atoms with van der Waals surface area (Å²) in [5.74, 6) is -8.20. The number of hydrogen-bond acceptors (Lipinski definition) is 9.